The van der Waals surface area contributed by atoms with Crippen molar-refractivity contribution in [1.29, 1.82) is 0 Å². The Bertz CT molecular complexity index is 628. The average molecular weight is 310 g/mol. The maximum Gasteiger partial charge on any atom is 0.341 e. The van der Waals surface area contributed by atoms with Crippen LogP contribution in [0.2, 0.25) is 0 Å². The molecule has 0 aliphatic heterocycles. The third-order valence-corrected chi connectivity index (χ3v) is 2.63. The molecular weight excluding hydrogens is 296 g/mol. The first-order valence-electron chi connectivity index (χ1n) is 5.92. The fourth-order valence-corrected chi connectivity index (χ4v) is 1.50. The van der Waals surface area contributed by atoms with E-state index in [1.165, 1.54) is 13.1 Å². The normalized spacial score (nSPS) is 9.41. The first-order valence-corrected chi connectivity index (χ1v) is 5.92. The smallest absolute Gasteiger partial charge is 0.341 e. The number of benzene rings is 1. The molecule has 0 atom stereocenters. The van der Waals surface area contributed by atoms with Crippen LogP contribution in [0.4, 0.5) is 0 Å². The molecule has 1 aromatic carbocycles. The second-order valence-electron chi connectivity index (χ2n) is 3.87. The summed E-state index contributed by atoms with van der Waals surface area (Å²) in [4.78, 5) is 33.8. The molecule has 0 fully saturated rings. The van der Waals surface area contributed by atoms with Crippen LogP contribution in [0.3, 0.4) is 0 Å². The summed E-state index contributed by atoms with van der Waals surface area (Å²) in [6, 6.07) is 2.11. The highest BCUT2D eigenvalue weighted by Crippen LogP contribution is 2.29. The van der Waals surface area contributed by atoms with Gasteiger partial charge in [0, 0.05) is 6.07 Å². The van der Waals surface area contributed by atoms with Crippen molar-refractivity contribution >= 4 is 17.9 Å². The molecule has 0 unspecified atom stereocenters. The summed E-state index contributed by atoms with van der Waals surface area (Å²) in [5, 5.41) is 9.80. The molecule has 0 aliphatic carbocycles. The van der Waals surface area contributed by atoms with Crippen molar-refractivity contribution in [1.82, 2.24) is 0 Å². The summed E-state index contributed by atoms with van der Waals surface area (Å²) < 4.78 is 19.0. The average Bonchev–Trinajstić information content (AvgIpc) is 2.54. The lowest BCUT2D eigenvalue weighted by atomic mass is 10.1. The minimum absolute atomic E-state index is 0.0956. The largest absolute Gasteiger partial charge is 0.507 e. The van der Waals surface area contributed by atoms with Crippen LogP contribution < -0.4 is 4.74 Å². The summed E-state index contributed by atoms with van der Waals surface area (Å²) in [6.45, 7) is -0.318. The van der Waals surface area contributed by atoms with Crippen molar-refractivity contribution in [2.75, 3.05) is 27.9 Å². The summed E-state index contributed by atoms with van der Waals surface area (Å²) in [7, 11) is 3.52. The standard InChI is InChI=1S/C14H14O8/c1-19-8(6-15)7-22-12-5-11(16)9(13(17)20-2)4-10(12)14(18)21-3/h4-5,16H,7H2,1-3H3. The highest BCUT2D eigenvalue weighted by Gasteiger charge is 2.21. The fourth-order valence-electron chi connectivity index (χ4n) is 1.50. The predicted molar refractivity (Wildman–Crippen MR) is 72.5 cm³/mol. The van der Waals surface area contributed by atoms with Crippen LogP contribution >= 0.6 is 0 Å². The van der Waals surface area contributed by atoms with Gasteiger partial charge in [-0.25, -0.2) is 14.4 Å². The minimum atomic E-state index is -0.834. The van der Waals surface area contributed by atoms with Crippen LogP contribution in [-0.4, -0.2) is 50.9 Å². The number of ether oxygens (including phenoxy) is 4. The van der Waals surface area contributed by atoms with E-state index in [-0.39, 0.29) is 29.2 Å². The van der Waals surface area contributed by atoms with E-state index in [2.05, 4.69) is 14.2 Å². The number of carbonyl (C=O) groups is 2. The van der Waals surface area contributed by atoms with Gasteiger partial charge in [-0.15, -0.1) is 0 Å². The van der Waals surface area contributed by atoms with E-state index in [4.69, 9.17) is 4.74 Å². The lowest BCUT2D eigenvalue weighted by molar-refractivity contribution is 0.0594. The molecule has 0 bridgehead atoms. The Morgan fingerprint density at radius 1 is 1.05 bits per heavy atom. The molecule has 0 aliphatic rings. The number of carbonyl (C=O) groups excluding carboxylic acids is 3. The zero-order valence-electron chi connectivity index (χ0n) is 12.2. The van der Waals surface area contributed by atoms with Crippen LogP contribution in [0.1, 0.15) is 20.7 Å². The van der Waals surface area contributed by atoms with Gasteiger partial charge in [0.05, 0.1) is 21.3 Å². The molecule has 0 saturated carbocycles. The Morgan fingerprint density at radius 3 is 2.14 bits per heavy atom. The van der Waals surface area contributed by atoms with Gasteiger partial charge in [-0.05, 0) is 6.07 Å². The van der Waals surface area contributed by atoms with Gasteiger partial charge in [0.1, 0.15) is 22.6 Å². The number of hydrogen-bond donors (Lipinski definition) is 1. The van der Waals surface area contributed by atoms with E-state index in [0.717, 1.165) is 26.4 Å². The molecule has 0 radical (unpaired) electrons. The molecule has 118 valence electrons. The number of hydrogen-bond acceptors (Lipinski definition) is 8. The summed E-state index contributed by atoms with van der Waals surface area (Å²) in [5.41, 5.74) is -0.352. The number of phenolic OH excluding ortho intramolecular Hbond substituents is 1. The van der Waals surface area contributed by atoms with Crippen LogP contribution in [0.15, 0.2) is 17.9 Å². The number of methoxy groups -OCH3 is 3. The van der Waals surface area contributed by atoms with Crippen molar-refractivity contribution < 1.29 is 38.4 Å². The lowest BCUT2D eigenvalue weighted by Gasteiger charge is -2.12. The molecule has 8 nitrogen and oxygen atoms in total. The van der Waals surface area contributed by atoms with Gasteiger partial charge >= 0.3 is 11.9 Å². The molecule has 1 aromatic rings. The van der Waals surface area contributed by atoms with Crippen LogP contribution in [0.5, 0.6) is 11.5 Å². The second kappa shape index (κ2) is 7.70. The molecule has 1 rings (SSSR count). The minimum Gasteiger partial charge on any atom is -0.507 e. The number of phenols is 1. The number of aromatic hydroxyl groups is 1. The third kappa shape index (κ3) is 3.77. The first-order chi connectivity index (χ1) is 10.5. The maximum atomic E-state index is 11.7. The Balaban J connectivity index is 3.25. The molecule has 1 N–H and O–H groups in total. The van der Waals surface area contributed by atoms with Crippen molar-refractivity contribution in [3.63, 3.8) is 0 Å². The third-order valence-electron chi connectivity index (χ3n) is 2.63. The lowest BCUT2D eigenvalue weighted by Crippen LogP contribution is -2.11. The van der Waals surface area contributed by atoms with Crippen molar-refractivity contribution in [2.45, 2.75) is 0 Å². The highest BCUT2D eigenvalue weighted by molar-refractivity contribution is 5.99. The van der Waals surface area contributed by atoms with Gasteiger partial charge in [-0.1, -0.05) is 0 Å². The van der Waals surface area contributed by atoms with Gasteiger partial charge in [-0.2, -0.15) is 0 Å². The molecule has 0 amide bonds. The van der Waals surface area contributed by atoms with Gasteiger partial charge in [0.2, 0.25) is 5.76 Å². The van der Waals surface area contributed by atoms with Gasteiger partial charge in [0.25, 0.3) is 0 Å². The van der Waals surface area contributed by atoms with Crippen LogP contribution in [0.25, 0.3) is 0 Å². The Kier molecular flexibility index (Phi) is 5.97. The van der Waals surface area contributed by atoms with E-state index in [9.17, 15) is 19.5 Å². The quantitative estimate of drug-likeness (QED) is 0.465. The van der Waals surface area contributed by atoms with Crippen molar-refractivity contribution in [3.8, 4) is 11.5 Å². The predicted octanol–water partition coefficient (Wildman–Crippen LogP) is 0.706. The first kappa shape index (κ1) is 17.1. The Morgan fingerprint density at radius 2 is 1.64 bits per heavy atom. The van der Waals surface area contributed by atoms with E-state index >= 15 is 0 Å². The maximum absolute atomic E-state index is 11.7. The van der Waals surface area contributed by atoms with Gasteiger partial charge in [-0.3, -0.25) is 0 Å². The molecule has 0 spiro atoms. The molecule has 0 saturated heterocycles. The SMILES string of the molecule is COC(=O)c1cc(C(=O)OC)c(OCC(=C=O)OC)cc1O. The monoisotopic (exact) mass is 310 g/mol. The van der Waals surface area contributed by atoms with Crippen LogP contribution in [-0.2, 0) is 19.0 Å². The summed E-state index contributed by atoms with van der Waals surface area (Å²) in [5.74, 6) is -0.823. The number of esters is 2. The van der Waals surface area contributed by atoms with Gasteiger partial charge in [0.15, 0.2) is 12.5 Å². The molecule has 0 heterocycles. The van der Waals surface area contributed by atoms with E-state index in [1.54, 1.807) is 0 Å². The summed E-state index contributed by atoms with van der Waals surface area (Å²) in [6.07, 6.45) is 0. The number of rotatable bonds is 6. The molecule has 22 heavy (non-hydrogen) atoms. The molecule has 0 aromatic heterocycles. The van der Waals surface area contributed by atoms with E-state index < -0.39 is 17.7 Å². The second-order valence-corrected chi connectivity index (χ2v) is 3.87. The summed E-state index contributed by atoms with van der Waals surface area (Å²) >= 11 is 0. The zero-order valence-corrected chi connectivity index (χ0v) is 12.2. The Labute approximate surface area is 125 Å². The Hall–Kier alpha value is -2.99. The zero-order chi connectivity index (χ0) is 16.7. The van der Waals surface area contributed by atoms with Crippen LogP contribution in [0, 0.1) is 0 Å². The molecular formula is C14H14O8. The van der Waals surface area contributed by atoms with E-state index in [0.29, 0.717) is 0 Å². The topological polar surface area (TPSA) is 108 Å². The fraction of sp³-hybridized carbons (Fsp3) is 0.286. The molecule has 8 heteroatoms. The van der Waals surface area contributed by atoms with E-state index in [1.807, 2.05) is 0 Å². The van der Waals surface area contributed by atoms with Gasteiger partial charge < -0.3 is 24.1 Å². The van der Waals surface area contributed by atoms with Crippen molar-refractivity contribution in [2.24, 2.45) is 0 Å². The highest BCUT2D eigenvalue weighted by atomic mass is 16.5. The van der Waals surface area contributed by atoms with Crippen molar-refractivity contribution in [3.05, 3.63) is 29.0 Å².